The van der Waals surface area contributed by atoms with Gasteiger partial charge in [-0.15, -0.1) is 0 Å². The molecule has 7 heteroatoms. The normalized spacial score (nSPS) is 15.3. The minimum Gasteiger partial charge on any atom is -0.456 e. The van der Waals surface area contributed by atoms with Gasteiger partial charge >= 0.3 is 0 Å². The molecule has 1 aliphatic heterocycles. The maximum Gasteiger partial charge on any atom is 0.287 e. The van der Waals surface area contributed by atoms with Crippen LogP contribution in [0.2, 0.25) is 0 Å². The molecule has 1 aromatic carbocycles. The van der Waals surface area contributed by atoms with Gasteiger partial charge in [-0.25, -0.2) is 9.50 Å². The van der Waals surface area contributed by atoms with E-state index in [2.05, 4.69) is 27.4 Å². The van der Waals surface area contributed by atoms with Crippen molar-refractivity contribution < 1.29 is 9.21 Å². The molecule has 0 radical (unpaired) electrons. The molecule has 7 nitrogen and oxygen atoms in total. The third kappa shape index (κ3) is 3.22. The van der Waals surface area contributed by atoms with Crippen LogP contribution in [0.4, 0.5) is 5.82 Å². The molecule has 4 aromatic rings. The number of fused-ring (bicyclic) bond motifs is 3. The molecule has 5 rings (SSSR count). The van der Waals surface area contributed by atoms with Crippen LogP contribution in [0.3, 0.4) is 0 Å². The third-order valence-corrected chi connectivity index (χ3v) is 5.50. The summed E-state index contributed by atoms with van der Waals surface area (Å²) in [5, 5.41) is 8.77. The van der Waals surface area contributed by atoms with Gasteiger partial charge in [-0.05, 0) is 51.0 Å². The van der Waals surface area contributed by atoms with Crippen molar-refractivity contribution in [3.8, 4) is 0 Å². The first kappa shape index (κ1) is 17.7. The number of piperidine rings is 1. The number of hydrogen-bond acceptors (Lipinski definition) is 5. The average Bonchev–Trinajstić information content (AvgIpc) is 3.33. The number of amides is 1. The highest BCUT2D eigenvalue weighted by Gasteiger charge is 2.24. The predicted molar refractivity (Wildman–Crippen MR) is 111 cm³/mol. The van der Waals surface area contributed by atoms with Crippen LogP contribution in [-0.4, -0.2) is 39.6 Å². The Morgan fingerprint density at radius 1 is 1.14 bits per heavy atom. The zero-order chi connectivity index (χ0) is 20.0. The quantitative estimate of drug-likeness (QED) is 0.580. The molecule has 1 saturated heterocycles. The molecule has 0 atom stereocenters. The van der Waals surface area contributed by atoms with Crippen LogP contribution in [0.1, 0.15) is 34.9 Å². The van der Waals surface area contributed by atoms with Gasteiger partial charge in [0.15, 0.2) is 11.4 Å². The van der Waals surface area contributed by atoms with E-state index in [4.69, 9.17) is 9.40 Å². The second kappa shape index (κ2) is 6.92. The molecule has 148 valence electrons. The van der Waals surface area contributed by atoms with Crippen molar-refractivity contribution in [2.24, 2.45) is 0 Å². The molecular formula is C22H23N5O2. The van der Waals surface area contributed by atoms with Gasteiger partial charge in [-0.1, -0.05) is 12.1 Å². The van der Waals surface area contributed by atoms with Crippen molar-refractivity contribution in [2.75, 3.05) is 18.0 Å². The standard InChI is InChI=1S/C22H23N5O2/c1-14-13-20-24-21(17-5-3-4-6-18(17)27(20)25-14)26-11-9-16(10-12-26)23-22(28)19-8-7-15(2)29-19/h3-8,13,16H,9-12H2,1-2H3,(H,23,28). The zero-order valence-corrected chi connectivity index (χ0v) is 16.6. The van der Waals surface area contributed by atoms with Gasteiger partial charge in [0.25, 0.3) is 5.91 Å². The van der Waals surface area contributed by atoms with Crippen LogP contribution in [0.25, 0.3) is 16.6 Å². The van der Waals surface area contributed by atoms with E-state index in [1.165, 1.54) is 0 Å². The third-order valence-electron chi connectivity index (χ3n) is 5.50. The Labute approximate surface area is 168 Å². The van der Waals surface area contributed by atoms with Gasteiger partial charge in [0, 0.05) is 30.6 Å². The summed E-state index contributed by atoms with van der Waals surface area (Å²) >= 11 is 0. The summed E-state index contributed by atoms with van der Waals surface area (Å²) in [5.74, 6) is 1.96. The Bertz CT molecular complexity index is 1200. The first-order valence-corrected chi connectivity index (χ1v) is 9.96. The van der Waals surface area contributed by atoms with Crippen LogP contribution in [-0.2, 0) is 0 Å². The molecule has 4 heterocycles. The molecule has 1 amide bonds. The molecule has 1 fully saturated rings. The van der Waals surface area contributed by atoms with E-state index in [9.17, 15) is 4.79 Å². The van der Waals surface area contributed by atoms with Crippen molar-refractivity contribution in [3.05, 3.63) is 59.7 Å². The molecule has 29 heavy (non-hydrogen) atoms. The fourth-order valence-corrected chi connectivity index (χ4v) is 4.05. The van der Waals surface area contributed by atoms with Crippen LogP contribution >= 0.6 is 0 Å². The van der Waals surface area contributed by atoms with E-state index < -0.39 is 0 Å². The van der Waals surface area contributed by atoms with Gasteiger partial charge in [0.2, 0.25) is 0 Å². The van der Waals surface area contributed by atoms with Gasteiger partial charge < -0.3 is 14.6 Å². The van der Waals surface area contributed by atoms with Crippen molar-refractivity contribution in [1.29, 1.82) is 0 Å². The summed E-state index contributed by atoms with van der Waals surface area (Å²) in [6.07, 6.45) is 1.73. The van der Waals surface area contributed by atoms with Gasteiger partial charge in [-0.3, -0.25) is 4.79 Å². The number of carbonyl (C=O) groups excluding carboxylic acids is 1. The van der Waals surface area contributed by atoms with Gasteiger partial charge in [-0.2, -0.15) is 5.10 Å². The summed E-state index contributed by atoms with van der Waals surface area (Å²) in [4.78, 5) is 19.6. The average molecular weight is 389 g/mol. The van der Waals surface area contributed by atoms with E-state index in [1.54, 1.807) is 6.07 Å². The zero-order valence-electron chi connectivity index (χ0n) is 16.6. The number of nitrogens with one attached hydrogen (secondary N) is 1. The van der Waals surface area contributed by atoms with Crippen molar-refractivity contribution in [3.63, 3.8) is 0 Å². The summed E-state index contributed by atoms with van der Waals surface area (Å²) < 4.78 is 7.34. The lowest BCUT2D eigenvalue weighted by Gasteiger charge is -2.33. The number of nitrogens with zero attached hydrogens (tertiary/aromatic N) is 4. The van der Waals surface area contributed by atoms with E-state index in [1.807, 2.05) is 42.6 Å². The Morgan fingerprint density at radius 2 is 1.93 bits per heavy atom. The molecular weight excluding hydrogens is 366 g/mol. The van der Waals surface area contributed by atoms with Crippen molar-refractivity contribution >= 4 is 28.3 Å². The number of benzene rings is 1. The van der Waals surface area contributed by atoms with E-state index in [0.29, 0.717) is 5.76 Å². The lowest BCUT2D eigenvalue weighted by molar-refractivity contribution is 0.0901. The van der Waals surface area contributed by atoms with Crippen LogP contribution in [0.5, 0.6) is 0 Å². The number of carbonyl (C=O) groups is 1. The topological polar surface area (TPSA) is 75.7 Å². The number of aryl methyl sites for hydroxylation is 2. The molecule has 1 N–H and O–H groups in total. The minimum absolute atomic E-state index is 0.136. The van der Waals surface area contributed by atoms with Crippen molar-refractivity contribution in [2.45, 2.75) is 32.7 Å². The number of furan rings is 1. The first-order valence-electron chi connectivity index (χ1n) is 9.96. The number of hydrogen-bond donors (Lipinski definition) is 1. The van der Waals surface area contributed by atoms with Crippen molar-refractivity contribution in [1.82, 2.24) is 19.9 Å². The maximum atomic E-state index is 12.4. The second-order valence-corrected chi connectivity index (χ2v) is 7.65. The van der Waals surface area contributed by atoms with E-state index >= 15 is 0 Å². The molecule has 1 aliphatic rings. The number of para-hydroxylation sites is 1. The number of rotatable bonds is 3. The number of aromatic nitrogens is 3. The maximum absolute atomic E-state index is 12.4. The smallest absolute Gasteiger partial charge is 0.287 e. The van der Waals surface area contributed by atoms with Gasteiger partial charge in [0.1, 0.15) is 11.6 Å². The largest absolute Gasteiger partial charge is 0.456 e. The molecule has 0 bridgehead atoms. The van der Waals surface area contributed by atoms with E-state index in [-0.39, 0.29) is 11.9 Å². The van der Waals surface area contributed by atoms with Crippen LogP contribution in [0.15, 0.2) is 46.9 Å². The first-order chi connectivity index (χ1) is 14.1. The monoisotopic (exact) mass is 389 g/mol. The lowest BCUT2D eigenvalue weighted by Crippen LogP contribution is -2.45. The summed E-state index contributed by atoms with van der Waals surface area (Å²) in [5.41, 5.74) is 2.87. The molecule has 0 aliphatic carbocycles. The fourth-order valence-electron chi connectivity index (χ4n) is 4.05. The molecule has 3 aromatic heterocycles. The SMILES string of the molecule is Cc1cc2nc(N3CCC(NC(=O)c4ccc(C)o4)CC3)c3ccccc3n2n1. The second-order valence-electron chi connectivity index (χ2n) is 7.65. The summed E-state index contributed by atoms with van der Waals surface area (Å²) in [6, 6.07) is 13.9. The Morgan fingerprint density at radius 3 is 2.69 bits per heavy atom. The predicted octanol–water partition coefficient (Wildman–Crippen LogP) is 3.49. The highest BCUT2D eigenvalue weighted by atomic mass is 16.3. The fraction of sp³-hybridized carbons (Fsp3) is 0.318. The highest BCUT2D eigenvalue weighted by molar-refractivity contribution is 5.92. The molecule has 0 unspecified atom stereocenters. The summed E-state index contributed by atoms with van der Waals surface area (Å²) in [6.45, 7) is 5.49. The Kier molecular flexibility index (Phi) is 4.23. The highest BCUT2D eigenvalue weighted by Crippen LogP contribution is 2.28. The molecule has 0 spiro atoms. The van der Waals surface area contributed by atoms with E-state index in [0.717, 1.165) is 59.8 Å². The lowest BCUT2D eigenvalue weighted by atomic mass is 10.0. The Hall–Kier alpha value is -3.35. The summed E-state index contributed by atoms with van der Waals surface area (Å²) in [7, 11) is 0. The Balaban J connectivity index is 1.36. The molecule has 0 saturated carbocycles. The van der Waals surface area contributed by atoms with Crippen LogP contribution < -0.4 is 10.2 Å². The minimum atomic E-state index is -0.142. The van der Waals surface area contributed by atoms with Crippen LogP contribution in [0, 0.1) is 13.8 Å². The van der Waals surface area contributed by atoms with Gasteiger partial charge in [0.05, 0.1) is 11.2 Å². The number of anilines is 1.